The maximum Gasteiger partial charge on any atom is 0.248 e. The molecule has 1 saturated heterocycles. The lowest BCUT2D eigenvalue weighted by Gasteiger charge is -2.42. The number of anilines is 1. The van der Waals surface area contributed by atoms with Crippen LogP contribution in [0.4, 0.5) is 5.69 Å². The molecule has 1 amide bonds. The van der Waals surface area contributed by atoms with E-state index in [1.54, 1.807) is 0 Å². The number of nitrogens with one attached hydrogen (secondary N) is 1. The zero-order valence-corrected chi connectivity index (χ0v) is 16.5. The van der Waals surface area contributed by atoms with Gasteiger partial charge in [-0.2, -0.15) is 0 Å². The van der Waals surface area contributed by atoms with E-state index in [9.17, 15) is 4.79 Å². The zero-order chi connectivity index (χ0) is 18.1. The predicted octanol–water partition coefficient (Wildman–Crippen LogP) is 5.35. The fourth-order valence-corrected chi connectivity index (χ4v) is 4.56. The molecule has 138 valence electrons. The topological polar surface area (TPSA) is 32.3 Å². The second-order valence-electron chi connectivity index (χ2n) is 8.85. The van der Waals surface area contributed by atoms with Gasteiger partial charge < -0.3 is 10.2 Å². The summed E-state index contributed by atoms with van der Waals surface area (Å²) >= 11 is 5.99. The van der Waals surface area contributed by atoms with Crippen molar-refractivity contribution in [2.45, 2.75) is 64.8 Å². The monoisotopic (exact) mass is 362 g/mol. The highest BCUT2D eigenvalue weighted by molar-refractivity contribution is 6.30. The molecule has 4 heteroatoms. The van der Waals surface area contributed by atoms with Gasteiger partial charge in [0, 0.05) is 23.8 Å². The Hall–Kier alpha value is -1.22. The van der Waals surface area contributed by atoms with Crippen LogP contribution in [0.5, 0.6) is 0 Å². The van der Waals surface area contributed by atoms with Crippen molar-refractivity contribution in [3.63, 3.8) is 0 Å². The minimum absolute atomic E-state index is 0.298. The van der Waals surface area contributed by atoms with Gasteiger partial charge in [-0.3, -0.25) is 4.79 Å². The minimum atomic E-state index is -0.428. The van der Waals surface area contributed by atoms with Crippen molar-refractivity contribution in [3.8, 4) is 0 Å². The third-order valence-electron chi connectivity index (χ3n) is 6.10. The molecule has 1 saturated carbocycles. The van der Waals surface area contributed by atoms with E-state index in [2.05, 4.69) is 31.0 Å². The highest BCUT2D eigenvalue weighted by atomic mass is 35.5. The van der Waals surface area contributed by atoms with Gasteiger partial charge in [-0.15, -0.1) is 0 Å². The number of benzene rings is 1. The van der Waals surface area contributed by atoms with Crippen LogP contribution in [-0.2, 0) is 4.79 Å². The highest BCUT2D eigenvalue weighted by Crippen LogP contribution is 2.38. The van der Waals surface area contributed by atoms with Gasteiger partial charge in [0.15, 0.2) is 0 Å². The number of halogens is 1. The molecular formula is C21H31ClN2O. The van der Waals surface area contributed by atoms with E-state index in [4.69, 9.17) is 11.6 Å². The van der Waals surface area contributed by atoms with Gasteiger partial charge in [0.2, 0.25) is 5.91 Å². The van der Waals surface area contributed by atoms with Gasteiger partial charge in [-0.1, -0.05) is 45.2 Å². The van der Waals surface area contributed by atoms with E-state index in [0.717, 1.165) is 62.3 Å². The molecule has 0 bridgehead atoms. The van der Waals surface area contributed by atoms with Crippen LogP contribution in [-0.4, -0.2) is 29.4 Å². The molecule has 1 aliphatic heterocycles. The Balaban J connectivity index is 1.70. The molecule has 1 aromatic carbocycles. The number of amides is 1. The molecule has 0 atom stereocenters. The number of carbonyl (C=O) groups is 1. The van der Waals surface area contributed by atoms with Gasteiger partial charge in [0.25, 0.3) is 0 Å². The number of piperidine rings is 1. The summed E-state index contributed by atoms with van der Waals surface area (Å²) in [5.74, 6) is 1.01. The van der Waals surface area contributed by atoms with Gasteiger partial charge in [0.05, 0.1) is 0 Å². The Morgan fingerprint density at radius 1 is 1.12 bits per heavy atom. The summed E-state index contributed by atoms with van der Waals surface area (Å²) in [6.07, 6.45) is 6.31. The summed E-state index contributed by atoms with van der Waals surface area (Å²) < 4.78 is 0. The molecule has 0 radical (unpaired) electrons. The molecule has 0 unspecified atom stereocenters. The second-order valence-corrected chi connectivity index (χ2v) is 9.29. The number of rotatable bonds is 3. The molecule has 0 aromatic heterocycles. The Kier molecular flexibility index (Phi) is 5.34. The second kappa shape index (κ2) is 7.19. The first-order valence-corrected chi connectivity index (χ1v) is 10.0. The van der Waals surface area contributed by atoms with Crippen molar-refractivity contribution in [1.29, 1.82) is 0 Å². The quantitative estimate of drug-likeness (QED) is 0.786. The molecule has 1 aromatic rings. The first-order chi connectivity index (χ1) is 11.8. The van der Waals surface area contributed by atoms with Crippen molar-refractivity contribution >= 4 is 23.2 Å². The maximum absolute atomic E-state index is 13.4. The predicted molar refractivity (Wildman–Crippen MR) is 105 cm³/mol. The van der Waals surface area contributed by atoms with Gasteiger partial charge in [-0.05, 0) is 61.3 Å². The molecule has 1 aliphatic carbocycles. The summed E-state index contributed by atoms with van der Waals surface area (Å²) in [5.41, 5.74) is 0.897. The van der Waals surface area contributed by atoms with Crippen LogP contribution >= 0.6 is 11.6 Å². The number of likely N-dealkylation sites (tertiary alicyclic amines) is 1. The largest absolute Gasteiger partial charge is 0.371 e. The minimum Gasteiger partial charge on any atom is -0.371 e. The van der Waals surface area contributed by atoms with E-state index in [1.807, 2.05) is 24.3 Å². The molecule has 2 aliphatic rings. The first kappa shape index (κ1) is 18.6. The Bertz CT molecular complexity index is 591. The van der Waals surface area contributed by atoms with Gasteiger partial charge in [0.1, 0.15) is 5.54 Å². The molecule has 1 heterocycles. The highest BCUT2D eigenvalue weighted by Gasteiger charge is 2.44. The van der Waals surface area contributed by atoms with E-state index >= 15 is 0 Å². The molecule has 1 N–H and O–H groups in total. The SMILES string of the molecule is CC(C)(C)C1CCN(C(=O)C2(Nc3ccc(Cl)cc3)CCCC2)CC1. The Morgan fingerprint density at radius 2 is 1.68 bits per heavy atom. The summed E-state index contributed by atoms with van der Waals surface area (Å²) in [6, 6.07) is 7.71. The standard InChI is InChI=1S/C21H31ClN2O/c1-20(2,3)16-10-14-24(15-11-16)19(25)21(12-4-5-13-21)23-18-8-6-17(22)7-9-18/h6-9,16,23H,4-5,10-15H2,1-3H3. The lowest BCUT2D eigenvalue weighted by atomic mass is 9.75. The zero-order valence-electron chi connectivity index (χ0n) is 15.8. The Morgan fingerprint density at radius 3 is 2.20 bits per heavy atom. The number of nitrogens with zero attached hydrogens (tertiary/aromatic N) is 1. The summed E-state index contributed by atoms with van der Waals surface area (Å²) in [7, 11) is 0. The van der Waals surface area contributed by atoms with Crippen molar-refractivity contribution in [2.75, 3.05) is 18.4 Å². The lowest BCUT2D eigenvalue weighted by molar-refractivity contribution is -0.137. The third kappa shape index (κ3) is 4.13. The van der Waals surface area contributed by atoms with Crippen LogP contribution in [0.1, 0.15) is 59.3 Å². The summed E-state index contributed by atoms with van der Waals surface area (Å²) in [6.45, 7) is 8.73. The van der Waals surface area contributed by atoms with Crippen molar-refractivity contribution < 1.29 is 4.79 Å². The molecule has 2 fully saturated rings. The number of hydrogen-bond acceptors (Lipinski definition) is 2. The van der Waals surface area contributed by atoms with Crippen LogP contribution in [0.3, 0.4) is 0 Å². The number of hydrogen-bond donors (Lipinski definition) is 1. The van der Waals surface area contributed by atoms with E-state index < -0.39 is 5.54 Å². The molecular weight excluding hydrogens is 332 g/mol. The van der Waals surface area contributed by atoms with Crippen LogP contribution in [0.2, 0.25) is 5.02 Å². The molecule has 3 nitrogen and oxygen atoms in total. The third-order valence-corrected chi connectivity index (χ3v) is 6.35. The molecule has 3 rings (SSSR count). The van der Waals surface area contributed by atoms with E-state index in [1.165, 1.54) is 0 Å². The Labute approximate surface area is 157 Å². The van der Waals surface area contributed by atoms with Crippen molar-refractivity contribution in [1.82, 2.24) is 4.90 Å². The van der Waals surface area contributed by atoms with Gasteiger partial charge >= 0.3 is 0 Å². The van der Waals surface area contributed by atoms with Crippen LogP contribution < -0.4 is 5.32 Å². The molecule has 25 heavy (non-hydrogen) atoms. The van der Waals surface area contributed by atoms with E-state index in [-0.39, 0.29) is 0 Å². The smallest absolute Gasteiger partial charge is 0.248 e. The van der Waals surface area contributed by atoms with Crippen LogP contribution in [0, 0.1) is 11.3 Å². The van der Waals surface area contributed by atoms with Crippen LogP contribution in [0.15, 0.2) is 24.3 Å². The number of carbonyl (C=O) groups excluding carboxylic acids is 1. The summed E-state index contributed by atoms with van der Waals surface area (Å²) in [4.78, 5) is 15.5. The summed E-state index contributed by atoms with van der Waals surface area (Å²) in [5, 5.41) is 4.29. The lowest BCUT2D eigenvalue weighted by Crippen LogP contribution is -2.54. The average Bonchev–Trinajstić information content (AvgIpc) is 3.05. The van der Waals surface area contributed by atoms with E-state index in [0.29, 0.717) is 17.2 Å². The van der Waals surface area contributed by atoms with Crippen LogP contribution in [0.25, 0.3) is 0 Å². The average molecular weight is 363 g/mol. The first-order valence-electron chi connectivity index (χ1n) is 9.63. The normalized spacial score (nSPS) is 21.4. The maximum atomic E-state index is 13.4. The van der Waals surface area contributed by atoms with Crippen molar-refractivity contribution in [2.24, 2.45) is 11.3 Å². The molecule has 0 spiro atoms. The fourth-order valence-electron chi connectivity index (χ4n) is 4.43. The van der Waals surface area contributed by atoms with Gasteiger partial charge in [-0.25, -0.2) is 0 Å². The fraction of sp³-hybridized carbons (Fsp3) is 0.667. The van der Waals surface area contributed by atoms with Crippen molar-refractivity contribution in [3.05, 3.63) is 29.3 Å².